The fourth-order valence-electron chi connectivity index (χ4n) is 2.09. The monoisotopic (exact) mass is 261 g/mol. The van der Waals surface area contributed by atoms with Crippen LogP contribution in [0.2, 0.25) is 0 Å². The summed E-state index contributed by atoms with van der Waals surface area (Å²) in [4.78, 5) is 37.2. The van der Waals surface area contributed by atoms with Crippen molar-refractivity contribution in [2.24, 2.45) is 5.92 Å². The van der Waals surface area contributed by atoms with Crippen molar-refractivity contribution < 1.29 is 19.1 Å². The Hall–Kier alpha value is -2.17. The molecule has 0 aliphatic carbocycles. The molecular weight excluding hydrogens is 246 g/mol. The molecule has 1 atom stereocenters. The quantitative estimate of drug-likeness (QED) is 0.605. The van der Waals surface area contributed by atoms with Gasteiger partial charge in [0.2, 0.25) is 5.91 Å². The number of para-hydroxylation sites is 1. The number of anilines is 1. The minimum absolute atomic E-state index is 0.154. The van der Waals surface area contributed by atoms with Crippen LogP contribution in [0.15, 0.2) is 30.3 Å². The van der Waals surface area contributed by atoms with Crippen LogP contribution in [0.4, 0.5) is 5.69 Å². The van der Waals surface area contributed by atoms with E-state index in [1.54, 1.807) is 31.2 Å². The molecule has 100 valence electrons. The van der Waals surface area contributed by atoms with Crippen LogP contribution in [0, 0.1) is 5.92 Å². The smallest absolute Gasteiger partial charge is 0.326 e. The van der Waals surface area contributed by atoms with E-state index in [1.807, 2.05) is 6.07 Å². The third-order valence-electron chi connectivity index (χ3n) is 3.01. The summed E-state index contributed by atoms with van der Waals surface area (Å²) in [7, 11) is 0. The van der Waals surface area contributed by atoms with Crippen LogP contribution in [-0.4, -0.2) is 30.8 Å². The Bertz CT molecular complexity index is 497. The number of nitrogens with zero attached hydrogens (tertiary/aromatic N) is 1. The molecule has 0 spiro atoms. The molecule has 0 aromatic heterocycles. The summed E-state index contributed by atoms with van der Waals surface area (Å²) in [6.45, 7) is 2.10. The minimum atomic E-state index is -1.31. The van der Waals surface area contributed by atoms with E-state index in [2.05, 4.69) is 0 Å². The molecule has 1 unspecified atom stereocenters. The predicted molar refractivity (Wildman–Crippen MR) is 68.5 cm³/mol. The Morgan fingerprint density at radius 2 is 2.00 bits per heavy atom. The molecular formula is C14H15NO4. The fraction of sp³-hybridized carbons (Fsp3) is 0.357. The first-order chi connectivity index (χ1) is 9.15. The van der Waals surface area contributed by atoms with E-state index in [9.17, 15) is 14.4 Å². The van der Waals surface area contributed by atoms with Crippen LogP contribution in [0.25, 0.3) is 0 Å². The van der Waals surface area contributed by atoms with Gasteiger partial charge < -0.3 is 9.64 Å². The highest BCUT2D eigenvalue weighted by Gasteiger charge is 2.42. The van der Waals surface area contributed by atoms with Gasteiger partial charge in [0.25, 0.3) is 0 Å². The molecule has 1 aromatic carbocycles. The molecule has 5 heteroatoms. The van der Waals surface area contributed by atoms with E-state index in [-0.39, 0.29) is 18.8 Å². The van der Waals surface area contributed by atoms with Crippen molar-refractivity contribution in [2.75, 3.05) is 18.1 Å². The average Bonchev–Trinajstić information content (AvgIpc) is 2.40. The third-order valence-corrected chi connectivity index (χ3v) is 3.01. The molecule has 1 aliphatic heterocycles. The highest BCUT2D eigenvalue weighted by Crippen LogP contribution is 2.23. The summed E-state index contributed by atoms with van der Waals surface area (Å²) in [6.07, 6.45) is 0.171. The molecule has 0 saturated carbocycles. The van der Waals surface area contributed by atoms with Gasteiger partial charge in [-0.15, -0.1) is 0 Å². The van der Waals surface area contributed by atoms with E-state index >= 15 is 0 Å². The zero-order valence-electron chi connectivity index (χ0n) is 10.7. The maximum absolute atomic E-state index is 12.3. The third kappa shape index (κ3) is 2.65. The van der Waals surface area contributed by atoms with Gasteiger partial charge in [0.1, 0.15) is 0 Å². The number of carbonyl (C=O) groups excluding carboxylic acids is 3. The average molecular weight is 261 g/mol. The Morgan fingerprint density at radius 3 is 2.63 bits per heavy atom. The first-order valence-electron chi connectivity index (χ1n) is 6.21. The molecule has 2 rings (SSSR count). The molecule has 1 aromatic rings. The van der Waals surface area contributed by atoms with E-state index in [0.29, 0.717) is 12.2 Å². The van der Waals surface area contributed by atoms with Crippen LogP contribution < -0.4 is 4.90 Å². The lowest BCUT2D eigenvalue weighted by Crippen LogP contribution is -2.49. The van der Waals surface area contributed by atoms with Crippen molar-refractivity contribution in [3.05, 3.63) is 30.3 Å². The topological polar surface area (TPSA) is 63.7 Å². The highest BCUT2D eigenvalue weighted by molar-refractivity contribution is 6.22. The molecule has 1 amide bonds. The van der Waals surface area contributed by atoms with Crippen molar-refractivity contribution in [3.63, 3.8) is 0 Å². The zero-order valence-corrected chi connectivity index (χ0v) is 10.7. The summed E-state index contributed by atoms with van der Waals surface area (Å²) in [6, 6.07) is 8.99. The van der Waals surface area contributed by atoms with Crippen molar-refractivity contribution in [1.82, 2.24) is 0 Å². The Morgan fingerprint density at radius 1 is 1.32 bits per heavy atom. The number of carbonyl (C=O) groups is 3. The Labute approximate surface area is 111 Å². The maximum atomic E-state index is 12.3. The van der Waals surface area contributed by atoms with E-state index in [0.717, 1.165) is 0 Å². The van der Waals surface area contributed by atoms with Crippen LogP contribution >= 0.6 is 0 Å². The van der Waals surface area contributed by atoms with Gasteiger partial charge >= 0.3 is 5.97 Å². The second-order valence-corrected chi connectivity index (χ2v) is 4.23. The predicted octanol–water partition coefficient (Wildman–Crippen LogP) is 1.17. The summed E-state index contributed by atoms with van der Waals surface area (Å²) in [5, 5.41) is 0. The van der Waals surface area contributed by atoms with Crippen LogP contribution in [0.1, 0.15) is 13.3 Å². The molecule has 1 heterocycles. The molecule has 1 fully saturated rings. The normalized spacial score (nSPS) is 19.4. The molecule has 19 heavy (non-hydrogen) atoms. The van der Waals surface area contributed by atoms with Crippen LogP contribution in [0.5, 0.6) is 0 Å². The minimum Gasteiger partial charge on any atom is -0.465 e. The number of amides is 1. The van der Waals surface area contributed by atoms with Gasteiger partial charge in [-0.3, -0.25) is 14.4 Å². The molecule has 1 saturated heterocycles. The highest BCUT2D eigenvalue weighted by atomic mass is 16.5. The number of ketones is 1. The molecule has 1 aliphatic rings. The van der Waals surface area contributed by atoms with Crippen molar-refractivity contribution >= 4 is 23.3 Å². The lowest BCUT2D eigenvalue weighted by Gasteiger charge is -2.30. The van der Waals surface area contributed by atoms with Crippen LogP contribution in [-0.2, 0) is 19.1 Å². The number of piperidine rings is 1. The molecule has 0 radical (unpaired) electrons. The number of rotatable bonds is 3. The summed E-state index contributed by atoms with van der Waals surface area (Å²) >= 11 is 0. The van der Waals surface area contributed by atoms with Crippen molar-refractivity contribution in [2.45, 2.75) is 13.3 Å². The van der Waals surface area contributed by atoms with Gasteiger partial charge in [-0.05, 0) is 19.1 Å². The Balaban J connectivity index is 2.24. The first kappa shape index (κ1) is 13.3. The number of hydrogen-bond donors (Lipinski definition) is 0. The van der Waals surface area contributed by atoms with Crippen LogP contribution in [0.3, 0.4) is 0 Å². The van der Waals surface area contributed by atoms with Gasteiger partial charge in [-0.1, -0.05) is 18.2 Å². The summed E-state index contributed by atoms with van der Waals surface area (Å²) < 4.78 is 4.80. The molecule has 0 bridgehead atoms. The largest absolute Gasteiger partial charge is 0.465 e. The van der Waals surface area contributed by atoms with Crippen molar-refractivity contribution in [1.29, 1.82) is 0 Å². The number of hydrogen-bond acceptors (Lipinski definition) is 4. The second-order valence-electron chi connectivity index (χ2n) is 4.23. The summed E-state index contributed by atoms with van der Waals surface area (Å²) in [5.41, 5.74) is 0.689. The van der Waals surface area contributed by atoms with Gasteiger partial charge in [0, 0.05) is 18.7 Å². The van der Waals surface area contributed by atoms with E-state index < -0.39 is 17.8 Å². The number of Topliss-reactive ketones (excluding diaryl/α,β-unsaturated/α-hetero) is 1. The Kier molecular flexibility index (Phi) is 3.94. The van der Waals surface area contributed by atoms with Gasteiger partial charge in [0.05, 0.1) is 6.61 Å². The second kappa shape index (κ2) is 5.65. The van der Waals surface area contributed by atoms with Gasteiger partial charge in [0.15, 0.2) is 11.7 Å². The first-order valence-corrected chi connectivity index (χ1v) is 6.21. The lowest BCUT2D eigenvalue weighted by atomic mass is 9.95. The zero-order chi connectivity index (χ0) is 13.8. The van der Waals surface area contributed by atoms with Crippen molar-refractivity contribution in [3.8, 4) is 0 Å². The maximum Gasteiger partial charge on any atom is 0.326 e. The van der Waals surface area contributed by atoms with E-state index in [4.69, 9.17) is 4.74 Å². The van der Waals surface area contributed by atoms with Gasteiger partial charge in [-0.25, -0.2) is 0 Å². The van der Waals surface area contributed by atoms with Gasteiger partial charge in [-0.2, -0.15) is 0 Å². The standard InChI is InChI=1S/C14H15NO4/c1-2-19-14(18)12-11(16)8-9-15(13(12)17)10-6-4-3-5-7-10/h3-7,12H,2,8-9H2,1H3. The fourth-order valence-corrected chi connectivity index (χ4v) is 2.09. The summed E-state index contributed by atoms with van der Waals surface area (Å²) in [5.74, 6) is -2.93. The molecule has 0 N–H and O–H groups in total. The SMILES string of the molecule is CCOC(=O)C1C(=O)CCN(c2ccccc2)C1=O. The number of benzene rings is 1. The number of esters is 1. The van der Waals surface area contributed by atoms with E-state index in [1.165, 1.54) is 4.90 Å². The molecule has 5 nitrogen and oxygen atoms in total. The lowest BCUT2D eigenvalue weighted by molar-refractivity contribution is -0.155. The number of ether oxygens (including phenoxy) is 1.